The summed E-state index contributed by atoms with van der Waals surface area (Å²) in [6.45, 7) is 8.26. The van der Waals surface area contributed by atoms with Crippen LogP contribution < -0.4 is 5.32 Å². The van der Waals surface area contributed by atoms with Crippen LogP contribution in [-0.2, 0) is 0 Å². The van der Waals surface area contributed by atoms with Crippen molar-refractivity contribution >= 4 is 0 Å². The lowest BCUT2D eigenvalue weighted by atomic mass is 9.84. The Morgan fingerprint density at radius 2 is 2.00 bits per heavy atom. The van der Waals surface area contributed by atoms with E-state index in [0.717, 1.165) is 12.5 Å². The molecule has 0 atom stereocenters. The van der Waals surface area contributed by atoms with E-state index < -0.39 is 0 Å². The van der Waals surface area contributed by atoms with Crippen LogP contribution >= 0.6 is 0 Å². The van der Waals surface area contributed by atoms with Crippen LogP contribution in [0.4, 0.5) is 0 Å². The average Bonchev–Trinajstić information content (AvgIpc) is 1.95. The van der Waals surface area contributed by atoms with Crippen molar-refractivity contribution in [1.29, 1.82) is 0 Å². The second kappa shape index (κ2) is 5.13. The summed E-state index contributed by atoms with van der Waals surface area (Å²) < 4.78 is 0. The molecular weight excluding hydrogens is 172 g/mol. The zero-order valence-electron chi connectivity index (χ0n) is 10.3. The number of hydrogen-bond donors (Lipinski definition) is 1. The Labute approximate surface area is 89.1 Å². The molecule has 0 aromatic carbocycles. The summed E-state index contributed by atoms with van der Waals surface area (Å²) in [5, 5.41) is 3.27. The van der Waals surface area contributed by atoms with Crippen molar-refractivity contribution in [3.8, 4) is 0 Å². The first-order chi connectivity index (χ1) is 6.53. The maximum Gasteiger partial charge on any atom is 0.00419 e. The summed E-state index contributed by atoms with van der Waals surface area (Å²) in [4.78, 5) is 2.50. The lowest BCUT2D eigenvalue weighted by molar-refractivity contribution is 0.153. The maximum absolute atomic E-state index is 3.27. The molecule has 0 unspecified atom stereocenters. The molecule has 0 aromatic heterocycles. The number of nitrogens with zero attached hydrogens (tertiary/aromatic N) is 1. The van der Waals surface area contributed by atoms with Gasteiger partial charge in [-0.1, -0.05) is 20.3 Å². The highest BCUT2D eigenvalue weighted by molar-refractivity contribution is 4.78. The summed E-state index contributed by atoms with van der Waals surface area (Å²) in [5.74, 6) is 0.991. The van der Waals surface area contributed by atoms with Crippen molar-refractivity contribution in [3.05, 3.63) is 0 Å². The van der Waals surface area contributed by atoms with Gasteiger partial charge in [-0.15, -0.1) is 0 Å². The van der Waals surface area contributed by atoms with Crippen LogP contribution in [0.25, 0.3) is 0 Å². The first-order valence-corrected chi connectivity index (χ1v) is 5.87. The van der Waals surface area contributed by atoms with Crippen LogP contribution in [0.5, 0.6) is 0 Å². The van der Waals surface area contributed by atoms with Crippen molar-refractivity contribution in [2.24, 2.45) is 11.3 Å². The molecule has 2 heteroatoms. The first kappa shape index (κ1) is 12.0. The van der Waals surface area contributed by atoms with Crippen molar-refractivity contribution in [1.82, 2.24) is 10.2 Å². The zero-order valence-corrected chi connectivity index (χ0v) is 10.3. The van der Waals surface area contributed by atoms with E-state index in [0.29, 0.717) is 5.41 Å². The van der Waals surface area contributed by atoms with Gasteiger partial charge in [0.1, 0.15) is 0 Å². The Morgan fingerprint density at radius 1 is 1.36 bits per heavy atom. The molecule has 1 aliphatic carbocycles. The minimum atomic E-state index is 0.396. The van der Waals surface area contributed by atoms with Crippen LogP contribution in [0.3, 0.4) is 0 Å². The third-order valence-corrected chi connectivity index (χ3v) is 3.15. The van der Waals surface area contributed by atoms with Crippen molar-refractivity contribution < 1.29 is 0 Å². The third kappa shape index (κ3) is 3.97. The van der Waals surface area contributed by atoms with E-state index in [1.165, 1.54) is 32.4 Å². The fourth-order valence-electron chi connectivity index (χ4n) is 2.45. The van der Waals surface area contributed by atoms with E-state index in [9.17, 15) is 0 Å². The molecule has 0 saturated heterocycles. The summed E-state index contributed by atoms with van der Waals surface area (Å²) in [6, 6.07) is 0. The zero-order chi connectivity index (χ0) is 10.6. The number of hydrogen-bond acceptors (Lipinski definition) is 2. The quantitative estimate of drug-likeness (QED) is 0.702. The largest absolute Gasteiger partial charge is 0.319 e. The predicted molar refractivity (Wildman–Crippen MR) is 62.5 cm³/mol. The molecule has 0 radical (unpaired) electrons. The molecule has 0 amide bonds. The van der Waals surface area contributed by atoms with Gasteiger partial charge in [0.15, 0.2) is 0 Å². The van der Waals surface area contributed by atoms with Crippen LogP contribution in [0, 0.1) is 11.3 Å². The van der Waals surface area contributed by atoms with E-state index in [1.54, 1.807) is 0 Å². The van der Waals surface area contributed by atoms with Crippen LogP contribution in [0.15, 0.2) is 0 Å². The van der Waals surface area contributed by atoms with Gasteiger partial charge >= 0.3 is 0 Å². The summed E-state index contributed by atoms with van der Waals surface area (Å²) >= 11 is 0. The third-order valence-electron chi connectivity index (χ3n) is 3.15. The van der Waals surface area contributed by atoms with Gasteiger partial charge in [0.25, 0.3) is 0 Å². The van der Waals surface area contributed by atoms with E-state index >= 15 is 0 Å². The topological polar surface area (TPSA) is 15.3 Å². The molecule has 1 rings (SSSR count). The molecule has 84 valence electrons. The van der Waals surface area contributed by atoms with Crippen molar-refractivity contribution in [2.45, 2.75) is 33.1 Å². The van der Waals surface area contributed by atoms with Crippen molar-refractivity contribution in [3.63, 3.8) is 0 Å². The van der Waals surface area contributed by atoms with E-state index in [4.69, 9.17) is 0 Å². The lowest BCUT2D eigenvalue weighted by Gasteiger charge is -2.35. The highest BCUT2D eigenvalue weighted by Crippen LogP contribution is 2.27. The SMILES string of the molecule is CNCC(C)(C)CN(C)CC1CCC1. The van der Waals surface area contributed by atoms with E-state index in [1.807, 2.05) is 7.05 Å². The monoisotopic (exact) mass is 198 g/mol. The minimum absolute atomic E-state index is 0.396. The fraction of sp³-hybridized carbons (Fsp3) is 1.00. The second-order valence-corrected chi connectivity index (χ2v) is 5.69. The Hall–Kier alpha value is -0.0800. The molecule has 0 aromatic rings. The molecule has 1 aliphatic rings. The molecular formula is C12H26N2. The Bertz CT molecular complexity index is 162. The van der Waals surface area contributed by atoms with Gasteiger partial charge in [-0.05, 0) is 38.3 Å². The van der Waals surface area contributed by atoms with Crippen LogP contribution in [0.1, 0.15) is 33.1 Å². The van der Waals surface area contributed by atoms with Gasteiger partial charge in [-0.3, -0.25) is 0 Å². The van der Waals surface area contributed by atoms with Gasteiger partial charge < -0.3 is 10.2 Å². The number of rotatable bonds is 6. The number of nitrogens with one attached hydrogen (secondary N) is 1. The Morgan fingerprint density at radius 3 is 2.43 bits per heavy atom. The standard InChI is InChI=1S/C12H26N2/c1-12(2,9-13-3)10-14(4)8-11-6-5-7-11/h11,13H,5-10H2,1-4H3. The van der Waals surface area contributed by atoms with Gasteiger partial charge in [0.2, 0.25) is 0 Å². The summed E-state index contributed by atoms with van der Waals surface area (Å²) in [5.41, 5.74) is 0.396. The molecule has 1 saturated carbocycles. The average molecular weight is 198 g/mol. The van der Waals surface area contributed by atoms with Gasteiger partial charge in [-0.25, -0.2) is 0 Å². The van der Waals surface area contributed by atoms with E-state index in [-0.39, 0.29) is 0 Å². The molecule has 0 spiro atoms. The van der Waals surface area contributed by atoms with Gasteiger partial charge in [0, 0.05) is 19.6 Å². The molecule has 1 fully saturated rings. The van der Waals surface area contributed by atoms with Crippen molar-refractivity contribution in [2.75, 3.05) is 33.7 Å². The highest BCUT2D eigenvalue weighted by Gasteiger charge is 2.23. The molecule has 0 bridgehead atoms. The highest BCUT2D eigenvalue weighted by atomic mass is 15.1. The van der Waals surface area contributed by atoms with Gasteiger partial charge in [-0.2, -0.15) is 0 Å². The Kier molecular flexibility index (Phi) is 4.39. The van der Waals surface area contributed by atoms with E-state index in [2.05, 4.69) is 31.1 Å². The molecule has 0 heterocycles. The molecule has 2 nitrogen and oxygen atoms in total. The minimum Gasteiger partial charge on any atom is -0.319 e. The Balaban J connectivity index is 2.20. The summed E-state index contributed by atoms with van der Waals surface area (Å²) in [7, 11) is 4.30. The summed E-state index contributed by atoms with van der Waals surface area (Å²) in [6.07, 6.45) is 4.37. The molecule has 14 heavy (non-hydrogen) atoms. The second-order valence-electron chi connectivity index (χ2n) is 5.69. The van der Waals surface area contributed by atoms with Crippen LogP contribution in [-0.4, -0.2) is 38.6 Å². The lowest BCUT2D eigenvalue weighted by Crippen LogP contribution is -2.40. The fourth-order valence-corrected chi connectivity index (χ4v) is 2.45. The van der Waals surface area contributed by atoms with Gasteiger partial charge in [0.05, 0.1) is 0 Å². The van der Waals surface area contributed by atoms with Crippen LogP contribution in [0.2, 0.25) is 0 Å². The first-order valence-electron chi connectivity index (χ1n) is 5.87. The normalized spacial score (nSPS) is 18.6. The maximum atomic E-state index is 3.27. The smallest absolute Gasteiger partial charge is 0.00419 e. The molecule has 1 N–H and O–H groups in total. The molecule has 0 aliphatic heterocycles. The predicted octanol–water partition coefficient (Wildman–Crippen LogP) is 1.96.